The quantitative estimate of drug-likeness (QED) is 0.696. The third-order valence-electron chi connectivity index (χ3n) is 3.68. The van der Waals surface area contributed by atoms with E-state index in [1.54, 1.807) is 10.6 Å². The molecule has 0 aliphatic heterocycles. The molecule has 120 valence electrons. The molecule has 0 unspecified atom stereocenters. The largest absolute Gasteiger partial charge is 0.382 e. The fourth-order valence-corrected chi connectivity index (χ4v) is 2.70. The summed E-state index contributed by atoms with van der Waals surface area (Å²) < 4.78 is 1.73. The minimum atomic E-state index is 0.238. The molecular weight excluding hydrogens is 310 g/mol. The van der Waals surface area contributed by atoms with E-state index in [2.05, 4.69) is 58.7 Å². The number of rotatable bonds is 6. The first-order valence-electron chi connectivity index (χ1n) is 7.85. The maximum atomic E-state index is 6.14. The van der Waals surface area contributed by atoms with Gasteiger partial charge >= 0.3 is 0 Å². The van der Waals surface area contributed by atoms with Gasteiger partial charge in [-0.2, -0.15) is 9.61 Å². The molecule has 2 aromatic heterocycles. The molecule has 0 saturated heterocycles. The number of aromatic nitrogens is 4. The maximum absolute atomic E-state index is 6.14. The number of nitrogens with one attached hydrogen (secondary N) is 1. The van der Waals surface area contributed by atoms with Gasteiger partial charge in [-0.05, 0) is 18.4 Å². The Hall–Kier alpha value is -2.14. The highest BCUT2D eigenvalue weighted by Crippen LogP contribution is 2.22. The van der Waals surface area contributed by atoms with Crippen molar-refractivity contribution in [1.82, 2.24) is 19.8 Å². The van der Waals surface area contributed by atoms with Gasteiger partial charge in [0, 0.05) is 18.5 Å². The lowest BCUT2D eigenvalue weighted by Gasteiger charge is -2.09. The van der Waals surface area contributed by atoms with Gasteiger partial charge < -0.3 is 5.32 Å². The fraction of sp³-hybridized carbons (Fsp3) is 0.353. The molecule has 23 heavy (non-hydrogen) atoms. The number of aryl methyl sites for hydroxylation is 1. The molecule has 3 rings (SSSR count). The monoisotopic (exact) mass is 329 g/mol. The highest BCUT2D eigenvalue weighted by molar-refractivity contribution is 6.29. The second-order valence-electron chi connectivity index (χ2n) is 5.84. The molecule has 3 aromatic rings. The topological polar surface area (TPSA) is 55.1 Å². The molecule has 0 aliphatic rings. The summed E-state index contributed by atoms with van der Waals surface area (Å²) in [4.78, 5) is 0. The molecule has 1 aromatic carbocycles. The molecule has 0 bridgehead atoms. The number of nitrogens with zero attached hydrogens (tertiary/aromatic N) is 4. The Balaban J connectivity index is 1.70. The maximum Gasteiger partial charge on any atom is 0.201 e. The van der Waals surface area contributed by atoms with Crippen LogP contribution >= 0.6 is 11.6 Å². The zero-order valence-electron chi connectivity index (χ0n) is 13.3. The van der Waals surface area contributed by atoms with Crippen LogP contribution in [0.2, 0.25) is 5.15 Å². The van der Waals surface area contributed by atoms with E-state index in [-0.39, 0.29) is 5.92 Å². The van der Waals surface area contributed by atoms with Crippen LogP contribution in [0, 0.1) is 0 Å². The summed E-state index contributed by atoms with van der Waals surface area (Å²) in [5.41, 5.74) is 2.94. The van der Waals surface area contributed by atoms with Crippen molar-refractivity contribution in [3.05, 3.63) is 52.9 Å². The zero-order valence-corrected chi connectivity index (χ0v) is 14.1. The lowest BCUT2D eigenvalue weighted by Crippen LogP contribution is -2.07. The molecule has 0 spiro atoms. The Morgan fingerprint density at radius 2 is 1.96 bits per heavy atom. The van der Waals surface area contributed by atoms with Crippen molar-refractivity contribution >= 4 is 22.9 Å². The molecule has 0 fully saturated rings. The van der Waals surface area contributed by atoms with Gasteiger partial charge in [0.2, 0.25) is 5.65 Å². The Bertz CT molecular complexity index is 782. The van der Waals surface area contributed by atoms with E-state index >= 15 is 0 Å². The summed E-state index contributed by atoms with van der Waals surface area (Å²) in [7, 11) is 0. The molecule has 0 amide bonds. The first-order valence-corrected chi connectivity index (χ1v) is 8.22. The number of hydrogen-bond acceptors (Lipinski definition) is 4. The molecule has 0 radical (unpaired) electrons. The van der Waals surface area contributed by atoms with Crippen LogP contribution in [0.1, 0.15) is 37.6 Å². The standard InChI is InChI=1S/C17H20ClN5/c1-12(2)16-20-21-17-14(11-15(18)22-23(16)17)19-10-6-9-13-7-4-3-5-8-13/h3-5,7-8,11-12,19H,6,9-10H2,1-2H3. The Kier molecular flexibility index (Phi) is 4.76. The van der Waals surface area contributed by atoms with E-state index in [9.17, 15) is 0 Å². The van der Waals surface area contributed by atoms with E-state index in [0.29, 0.717) is 5.15 Å². The first-order chi connectivity index (χ1) is 11.1. The van der Waals surface area contributed by atoms with Gasteiger partial charge in [0.25, 0.3) is 0 Å². The fourth-order valence-electron chi connectivity index (χ4n) is 2.52. The van der Waals surface area contributed by atoms with Crippen LogP contribution in [-0.2, 0) is 6.42 Å². The van der Waals surface area contributed by atoms with E-state index in [0.717, 1.165) is 36.5 Å². The molecule has 1 N–H and O–H groups in total. The second kappa shape index (κ2) is 6.96. The number of benzene rings is 1. The van der Waals surface area contributed by atoms with Crippen molar-refractivity contribution in [2.45, 2.75) is 32.6 Å². The first kappa shape index (κ1) is 15.7. The molecular formula is C17H20ClN5. The summed E-state index contributed by atoms with van der Waals surface area (Å²) in [6.07, 6.45) is 2.06. The normalized spacial score (nSPS) is 11.3. The van der Waals surface area contributed by atoms with Crippen LogP contribution in [0.5, 0.6) is 0 Å². The van der Waals surface area contributed by atoms with Crippen LogP contribution in [0.4, 0.5) is 5.69 Å². The van der Waals surface area contributed by atoms with Gasteiger partial charge in [0.15, 0.2) is 11.0 Å². The molecule has 5 nitrogen and oxygen atoms in total. The van der Waals surface area contributed by atoms with Gasteiger partial charge in [-0.25, -0.2) is 0 Å². The van der Waals surface area contributed by atoms with Crippen LogP contribution < -0.4 is 5.32 Å². The average molecular weight is 330 g/mol. The Morgan fingerprint density at radius 3 is 2.70 bits per heavy atom. The van der Waals surface area contributed by atoms with E-state index in [1.165, 1.54) is 5.56 Å². The van der Waals surface area contributed by atoms with Crippen molar-refractivity contribution in [2.75, 3.05) is 11.9 Å². The summed E-state index contributed by atoms with van der Waals surface area (Å²) >= 11 is 6.14. The molecule has 0 aliphatic carbocycles. The minimum absolute atomic E-state index is 0.238. The van der Waals surface area contributed by atoms with Gasteiger partial charge in [-0.3, -0.25) is 0 Å². The number of hydrogen-bond donors (Lipinski definition) is 1. The zero-order chi connectivity index (χ0) is 16.2. The van der Waals surface area contributed by atoms with E-state index < -0.39 is 0 Å². The van der Waals surface area contributed by atoms with Crippen LogP contribution in [0.25, 0.3) is 5.65 Å². The predicted octanol–water partition coefficient (Wildman–Crippen LogP) is 3.95. The number of halogens is 1. The minimum Gasteiger partial charge on any atom is -0.382 e. The lowest BCUT2D eigenvalue weighted by atomic mass is 10.1. The summed E-state index contributed by atoms with van der Waals surface area (Å²) in [6.45, 7) is 4.97. The number of fused-ring (bicyclic) bond motifs is 1. The molecule has 2 heterocycles. The van der Waals surface area contributed by atoms with Gasteiger partial charge in [-0.1, -0.05) is 55.8 Å². The van der Waals surface area contributed by atoms with Crippen LogP contribution in [-0.4, -0.2) is 26.4 Å². The summed E-state index contributed by atoms with van der Waals surface area (Å²) in [6, 6.07) is 12.3. The molecule has 0 atom stereocenters. The Labute approximate surface area is 140 Å². The van der Waals surface area contributed by atoms with Gasteiger partial charge in [0.1, 0.15) is 0 Å². The average Bonchev–Trinajstić information content (AvgIpc) is 2.96. The highest BCUT2D eigenvalue weighted by atomic mass is 35.5. The van der Waals surface area contributed by atoms with Crippen LogP contribution in [0.3, 0.4) is 0 Å². The SMILES string of the molecule is CC(C)c1nnc2c(NCCCc3ccccc3)cc(Cl)nn12. The number of anilines is 1. The lowest BCUT2D eigenvalue weighted by molar-refractivity contribution is 0.721. The van der Waals surface area contributed by atoms with Crippen molar-refractivity contribution in [1.29, 1.82) is 0 Å². The molecule has 0 saturated carbocycles. The van der Waals surface area contributed by atoms with E-state index in [1.807, 2.05) is 6.07 Å². The van der Waals surface area contributed by atoms with Crippen molar-refractivity contribution in [3.8, 4) is 0 Å². The van der Waals surface area contributed by atoms with Crippen molar-refractivity contribution in [2.24, 2.45) is 0 Å². The summed E-state index contributed by atoms with van der Waals surface area (Å²) in [5.74, 6) is 1.05. The van der Waals surface area contributed by atoms with Crippen LogP contribution in [0.15, 0.2) is 36.4 Å². The van der Waals surface area contributed by atoms with Gasteiger partial charge in [0.05, 0.1) is 5.69 Å². The molecule has 6 heteroatoms. The van der Waals surface area contributed by atoms with Crippen molar-refractivity contribution in [3.63, 3.8) is 0 Å². The van der Waals surface area contributed by atoms with Gasteiger partial charge in [-0.15, -0.1) is 10.2 Å². The Morgan fingerprint density at radius 1 is 1.17 bits per heavy atom. The predicted molar refractivity (Wildman–Crippen MR) is 93.1 cm³/mol. The summed E-state index contributed by atoms with van der Waals surface area (Å²) in [5, 5.41) is 16.6. The third-order valence-corrected chi connectivity index (χ3v) is 3.87. The third kappa shape index (κ3) is 3.62. The van der Waals surface area contributed by atoms with Crippen molar-refractivity contribution < 1.29 is 0 Å². The smallest absolute Gasteiger partial charge is 0.201 e. The second-order valence-corrected chi connectivity index (χ2v) is 6.23. The van der Waals surface area contributed by atoms with E-state index in [4.69, 9.17) is 11.6 Å². The highest BCUT2D eigenvalue weighted by Gasteiger charge is 2.14.